The van der Waals surface area contributed by atoms with E-state index in [9.17, 15) is 5.26 Å². The van der Waals surface area contributed by atoms with Crippen molar-refractivity contribution < 1.29 is 4.74 Å². The average Bonchev–Trinajstić information content (AvgIpc) is 3.03. The number of nitrogens with one attached hydrogen (secondary N) is 1. The summed E-state index contributed by atoms with van der Waals surface area (Å²) in [5.41, 5.74) is 8.21. The zero-order chi connectivity index (χ0) is 15.1. The van der Waals surface area contributed by atoms with Gasteiger partial charge >= 0.3 is 0 Å². The molecule has 0 saturated carbocycles. The second-order valence-corrected chi connectivity index (χ2v) is 7.57. The molecular weight excluding hydrogens is 352 g/mol. The largest absolute Gasteiger partial charge is 0.420 e. The third-order valence-electron chi connectivity index (χ3n) is 3.42. The maximum absolute atomic E-state index is 9.49. The number of ether oxygens (including phenoxy) is 1. The molecule has 7 heteroatoms. The van der Waals surface area contributed by atoms with Crippen molar-refractivity contribution in [1.82, 2.24) is 10.2 Å². The van der Waals surface area contributed by atoms with Crippen LogP contribution in [-0.2, 0) is 0 Å². The Morgan fingerprint density at radius 1 is 1.52 bits per heavy atom. The fraction of sp³-hybridized carbons (Fsp3) is 0.286. The molecule has 1 atom stereocenters. The highest BCUT2D eigenvalue weighted by molar-refractivity contribution is 9.11. The van der Waals surface area contributed by atoms with E-state index >= 15 is 0 Å². The number of fused-ring (bicyclic) bond motifs is 1. The Labute approximate surface area is 134 Å². The lowest BCUT2D eigenvalue weighted by Crippen LogP contribution is -2.21. The molecule has 108 valence electrons. The van der Waals surface area contributed by atoms with E-state index in [4.69, 9.17) is 10.5 Å². The van der Waals surface area contributed by atoms with E-state index in [2.05, 4.69) is 46.0 Å². The van der Waals surface area contributed by atoms with Crippen LogP contribution in [0.5, 0.6) is 5.88 Å². The molecule has 0 saturated heterocycles. The van der Waals surface area contributed by atoms with E-state index in [-0.39, 0.29) is 17.7 Å². The zero-order valence-electron chi connectivity index (χ0n) is 11.5. The molecule has 1 aliphatic heterocycles. The fourth-order valence-corrected chi connectivity index (χ4v) is 4.02. The lowest BCUT2D eigenvalue weighted by atomic mass is 9.86. The van der Waals surface area contributed by atoms with Crippen molar-refractivity contribution in [2.24, 2.45) is 5.73 Å². The Morgan fingerprint density at radius 3 is 2.86 bits per heavy atom. The second-order valence-electron chi connectivity index (χ2n) is 5.08. The molecular formula is C14H13BrN4OS. The number of rotatable bonds is 2. The summed E-state index contributed by atoms with van der Waals surface area (Å²) in [6.07, 6.45) is 0. The number of H-pyrrole nitrogens is 1. The minimum atomic E-state index is -0.230. The number of aromatic amines is 1. The highest BCUT2D eigenvalue weighted by atomic mass is 79.9. The van der Waals surface area contributed by atoms with Crippen LogP contribution in [0.15, 0.2) is 27.4 Å². The average molecular weight is 365 g/mol. The lowest BCUT2D eigenvalue weighted by Gasteiger charge is -2.23. The monoisotopic (exact) mass is 364 g/mol. The zero-order valence-corrected chi connectivity index (χ0v) is 13.9. The first kappa shape index (κ1) is 14.2. The van der Waals surface area contributed by atoms with Gasteiger partial charge in [-0.1, -0.05) is 13.8 Å². The van der Waals surface area contributed by atoms with Gasteiger partial charge in [-0.15, -0.1) is 16.4 Å². The van der Waals surface area contributed by atoms with Crippen LogP contribution in [0.4, 0.5) is 0 Å². The van der Waals surface area contributed by atoms with E-state index in [0.717, 1.165) is 19.9 Å². The first-order valence-electron chi connectivity index (χ1n) is 6.44. The number of hydrogen-bond donors (Lipinski definition) is 2. The van der Waals surface area contributed by atoms with Gasteiger partial charge in [0.15, 0.2) is 0 Å². The SMILES string of the molecule is CC(C)c1[nH]nc2c1[C@H](c1ccc(Br)s1)C(C#N)=C(N)O2. The maximum Gasteiger partial charge on any atom is 0.244 e. The molecule has 0 fully saturated rings. The molecule has 0 unspecified atom stereocenters. The molecule has 1 aliphatic rings. The molecule has 0 radical (unpaired) electrons. The summed E-state index contributed by atoms with van der Waals surface area (Å²) in [5, 5.41) is 16.7. The van der Waals surface area contributed by atoms with Gasteiger partial charge in [0.25, 0.3) is 0 Å². The fourth-order valence-electron chi connectivity index (χ4n) is 2.48. The summed E-state index contributed by atoms with van der Waals surface area (Å²) < 4.78 is 6.52. The normalized spacial score (nSPS) is 17.6. The molecule has 21 heavy (non-hydrogen) atoms. The van der Waals surface area contributed by atoms with Crippen molar-refractivity contribution in [3.8, 4) is 11.9 Å². The van der Waals surface area contributed by atoms with E-state index in [0.29, 0.717) is 11.5 Å². The summed E-state index contributed by atoms with van der Waals surface area (Å²) in [5.74, 6) is 0.604. The molecule has 3 N–H and O–H groups in total. The van der Waals surface area contributed by atoms with Gasteiger partial charge in [-0.3, -0.25) is 5.10 Å². The van der Waals surface area contributed by atoms with Gasteiger partial charge in [-0.05, 0) is 34.0 Å². The van der Waals surface area contributed by atoms with Crippen molar-refractivity contribution in [1.29, 1.82) is 5.26 Å². The molecule has 5 nitrogen and oxygen atoms in total. The summed E-state index contributed by atoms with van der Waals surface area (Å²) in [6, 6.07) is 6.15. The summed E-state index contributed by atoms with van der Waals surface area (Å²) in [6.45, 7) is 4.14. The Kier molecular flexibility index (Phi) is 3.51. The van der Waals surface area contributed by atoms with Gasteiger partial charge < -0.3 is 10.5 Å². The molecule has 0 amide bonds. The smallest absolute Gasteiger partial charge is 0.244 e. The topological polar surface area (TPSA) is 87.7 Å². The number of nitrogens with two attached hydrogens (primary N) is 1. The summed E-state index contributed by atoms with van der Waals surface area (Å²) in [4.78, 5) is 1.04. The van der Waals surface area contributed by atoms with Gasteiger partial charge in [-0.25, -0.2) is 0 Å². The molecule has 0 aromatic carbocycles. The molecule has 2 aromatic heterocycles. The Morgan fingerprint density at radius 2 is 2.29 bits per heavy atom. The molecule has 3 rings (SSSR count). The quantitative estimate of drug-likeness (QED) is 0.852. The van der Waals surface area contributed by atoms with Crippen LogP contribution >= 0.6 is 27.3 Å². The third-order valence-corrected chi connectivity index (χ3v) is 5.11. The van der Waals surface area contributed by atoms with E-state index in [1.54, 1.807) is 11.3 Å². The van der Waals surface area contributed by atoms with E-state index < -0.39 is 0 Å². The maximum atomic E-state index is 9.49. The lowest BCUT2D eigenvalue weighted by molar-refractivity contribution is 0.379. The first-order chi connectivity index (χ1) is 10.0. The number of allylic oxidation sites excluding steroid dienone is 1. The van der Waals surface area contributed by atoms with E-state index in [1.165, 1.54) is 0 Å². The van der Waals surface area contributed by atoms with Crippen LogP contribution in [0.25, 0.3) is 0 Å². The second kappa shape index (κ2) is 5.20. The predicted molar refractivity (Wildman–Crippen MR) is 84.0 cm³/mol. The predicted octanol–water partition coefficient (Wildman–Crippen LogP) is 3.58. The van der Waals surface area contributed by atoms with Crippen molar-refractivity contribution in [3.63, 3.8) is 0 Å². The number of nitrogens with zero attached hydrogens (tertiary/aromatic N) is 2. The molecule has 0 bridgehead atoms. The van der Waals surface area contributed by atoms with Crippen LogP contribution in [0.3, 0.4) is 0 Å². The highest BCUT2D eigenvalue weighted by Crippen LogP contribution is 2.46. The van der Waals surface area contributed by atoms with Gasteiger partial charge in [0.2, 0.25) is 11.8 Å². The molecule has 2 aromatic rings. The van der Waals surface area contributed by atoms with Gasteiger partial charge in [0, 0.05) is 10.6 Å². The standard InChI is InChI=1S/C14H13BrN4OS/c1-6(2)12-11-10(8-3-4-9(15)21-8)7(5-16)13(17)20-14(11)19-18-12/h3-4,6,10H,17H2,1-2H3,(H,18,19)/t10-/m0/s1. The van der Waals surface area contributed by atoms with Gasteiger partial charge in [0.1, 0.15) is 11.6 Å². The van der Waals surface area contributed by atoms with Crippen LogP contribution in [0.1, 0.15) is 41.8 Å². The number of thiophene rings is 1. The minimum Gasteiger partial charge on any atom is -0.420 e. The Hall–Kier alpha value is -1.78. The number of halogens is 1. The number of aromatic nitrogens is 2. The molecule has 0 spiro atoms. The minimum absolute atomic E-state index is 0.126. The highest BCUT2D eigenvalue weighted by Gasteiger charge is 2.36. The van der Waals surface area contributed by atoms with Crippen molar-refractivity contribution >= 4 is 27.3 Å². The van der Waals surface area contributed by atoms with Crippen molar-refractivity contribution in [2.45, 2.75) is 25.7 Å². The third kappa shape index (κ3) is 2.24. The van der Waals surface area contributed by atoms with E-state index in [1.807, 2.05) is 12.1 Å². The van der Waals surface area contributed by atoms with Crippen LogP contribution in [-0.4, -0.2) is 10.2 Å². The van der Waals surface area contributed by atoms with Crippen molar-refractivity contribution in [3.05, 3.63) is 43.5 Å². The van der Waals surface area contributed by atoms with Crippen LogP contribution in [0, 0.1) is 11.3 Å². The van der Waals surface area contributed by atoms with Gasteiger partial charge in [0.05, 0.1) is 15.3 Å². The summed E-state index contributed by atoms with van der Waals surface area (Å²) >= 11 is 5.05. The number of nitriles is 1. The molecule has 3 heterocycles. The van der Waals surface area contributed by atoms with Gasteiger partial charge in [-0.2, -0.15) is 5.26 Å². The first-order valence-corrected chi connectivity index (χ1v) is 8.04. The van der Waals surface area contributed by atoms with Crippen molar-refractivity contribution in [2.75, 3.05) is 0 Å². The number of hydrogen-bond acceptors (Lipinski definition) is 5. The summed E-state index contributed by atoms with van der Waals surface area (Å²) in [7, 11) is 0. The Bertz CT molecular complexity index is 768. The van der Waals surface area contributed by atoms with Crippen LogP contribution < -0.4 is 10.5 Å². The van der Waals surface area contributed by atoms with Crippen LogP contribution in [0.2, 0.25) is 0 Å². The molecule has 0 aliphatic carbocycles. The Balaban J connectivity index is 2.24.